The van der Waals surface area contributed by atoms with Crippen molar-refractivity contribution in [2.75, 3.05) is 12.8 Å². The molecule has 0 atom stereocenters. The first-order chi connectivity index (χ1) is 8.59. The summed E-state index contributed by atoms with van der Waals surface area (Å²) in [7, 11) is 3.40. The molecule has 94 valence electrons. The molecule has 0 fully saturated rings. The van der Waals surface area contributed by atoms with E-state index < -0.39 is 0 Å². The van der Waals surface area contributed by atoms with Crippen molar-refractivity contribution in [2.24, 2.45) is 7.05 Å². The minimum Gasteiger partial charge on any atom is -0.396 e. The van der Waals surface area contributed by atoms with Crippen molar-refractivity contribution in [3.05, 3.63) is 42.0 Å². The van der Waals surface area contributed by atoms with Crippen molar-refractivity contribution in [2.45, 2.75) is 6.54 Å². The molecule has 0 saturated carbocycles. The molecule has 0 aromatic carbocycles. The van der Waals surface area contributed by atoms with Crippen molar-refractivity contribution < 1.29 is 4.79 Å². The van der Waals surface area contributed by atoms with E-state index in [4.69, 9.17) is 5.73 Å². The summed E-state index contributed by atoms with van der Waals surface area (Å²) >= 11 is 0. The molecular formula is C12H15N5O. The van der Waals surface area contributed by atoms with Crippen LogP contribution in [0.3, 0.4) is 0 Å². The number of carbonyl (C=O) groups is 1. The summed E-state index contributed by atoms with van der Waals surface area (Å²) in [6, 6.07) is 5.60. The number of nitrogens with zero attached hydrogens (tertiary/aromatic N) is 4. The number of rotatable bonds is 3. The smallest absolute Gasteiger partial charge is 0.274 e. The molecule has 18 heavy (non-hydrogen) atoms. The summed E-state index contributed by atoms with van der Waals surface area (Å²) in [5.41, 5.74) is 7.34. The van der Waals surface area contributed by atoms with E-state index in [0.717, 1.165) is 5.69 Å². The Labute approximate surface area is 105 Å². The number of aryl methyl sites for hydroxylation is 1. The first-order valence-corrected chi connectivity index (χ1v) is 5.52. The fraction of sp³-hybridized carbons (Fsp3) is 0.250. The van der Waals surface area contributed by atoms with Crippen LogP contribution in [-0.2, 0) is 13.6 Å². The van der Waals surface area contributed by atoms with E-state index in [1.165, 1.54) is 10.9 Å². The standard InChI is InChI=1S/C12H15N5O/c1-16(8-9-5-3-4-6-14-9)12(18)11-10(13)7-15-17(11)2/h3-7H,8,13H2,1-2H3. The molecule has 0 spiro atoms. The summed E-state index contributed by atoms with van der Waals surface area (Å²) in [5.74, 6) is -0.168. The predicted octanol–water partition coefficient (Wildman–Crippen LogP) is 0.669. The Morgan fingerprint density at radius 2 is 2.28 bits per heavy atom. The Morgan fingerprint density at radius 3 is 2.83 bits per heavy atom. The normalized spacial score (nSPS) is 10.3. The summed E-state index contributed by atoms with van der Waals surface area (Å²) in [5, 5.41) is 3.96. The van der Waals surface area contributed by atoms with Gasteiger partial charge >= 0.3 is 0 Å². The maximum absolute atomic E-state index is 12.2. The van der Waals surface area contributed by atoms with Gasteiger partial charge < -0.3 is 10.6 Å². The summed E-state index contributed by atoms with van der Waals surface area (Å²) in [6.07, 6.45) is 3.17. The number of pyridine rings is 1. The summed E-state index contributed by atoms with van der Waals surface area (Å²) in [4.78, 5) is 18.0. The lowest BCUT2D eigenvalue weighted by Gasteiger charge is -2.17. The second kappa shape index (κ2) is 4.87. The van der Waals surface area contributed by atoms with E-state index in [1.807, 2.05) is 18.2 Å². The van der Waals surface area contributed by atoms with Gasteiger partial charge in [0.25, 0.3) is 5.91 Å². The molecule has 0 bridgehead atoms. The number of hydrogen-bond acceptors (Lipinski definition) is 4. The minimum absolute atomic E-state index is 0.168. The number of aromatic nitrogens is 3. The second-order valence-corrected chi connectivity index (χ2v) is 4.05. The molecule has 1 amide bonds. The molecule has 2 rings (SSSR count). The van der Waals surface area contributed by atoms with Crippen LogP contribution in [0, 0.1) is 0 Å². The van der Waals surface area contributed by atoms with Crippen LogP contribution in [0.15, 0.2) is 30.6 Å². The Hall–Kier alpha value is -2.37. The van der Waals surface area contributed by atoms with E-state index in [1.54, 1.807) is 25.2 Å². The molecule has 6 heteroatoms. The lowest BCUT2D eigenvalue weighted by molar-refractivity contribution is 0.0773. The van der Waals surface area contributed by atoms with Crippen LogP contribution in [0.5, 0.6) is 0 Å². The highest BCUT2D eigenvalue weighted by Gasteiger charge is 2.19. The monoisotopic (exact) mass is 245 g/mol. The van der Waals surface area contributed by atoms with Gasteiger partial charge in [-0.25, -0.2) is 0 Å². The molecule has 0 aliphatic carbocycles. The quantitative estimate of drug-likeness (QED) is 0.862. The maximum atomic E-state index is 12.2. The van der Waals surface area contributed by atoms with Gasteiger partial charge in [0.2, 0.25) is 0 Å². The molecule has 2 N–H and O–H groups in total. The van der Waals surface area contributed by atoms with Crippen molar-refractivity contribution in [3.8, 4) is 0 Å². The van der Waals surface area contributed by atoms with Crippen LogP contribution in [0.2, 0.25) is 0 Å². The van der Waals surface area contributed by atoms with Gasteiger partial charge in [0.15, 0.2) is 0 Å². The highest BCUT2D eigenvalue weighted by molar-refractivity contribution is 5.97. The average Bonchev–Trinajstić information content (AvgIpc) is 2.69. The van der Waals surface area contributed by atoms with Crippen LogP contribution in [0.4, 0.5) is 5.69 Å². The lowest BCUT2D eigenvalue weighted by atomic mass is 10.3. The molecule has 0 saturated heterocycles. The zero-order chi connectivity index (χ0) is 13.1. The summed E-state index contributed by atoms with van der Waals surface area (Å²) < 4.78 is 1.48. The van der Waals surface area contributed by atoms with Crippen molar-refractivity contribution in [1.29, 1.82) is 0 Å². The second-order valence-electron chi connectivity index (χ2n) is 4.05. The van der Waals surface area contributed by atoms with E-state index in [-0.39, 0.29) is 5.91 Å². The van der Waals surface area contributed by atoms with Crippen LogP contribution in [-0.4, -0.2) is 32.6 Å². The average molecular weight is 245 g/mol. The molecular weight excluding hydrogens is 230 g/mol. The molecule has 0 aliphatic rings. The van der Waals surface area contributed by atoms with E-state index in [2.05, 4.69) is 10.1 Å². The van der Waals surface area contributed by atoms with Crippen LogP contribution in [0.1, 0.15) is 16.2 Å². The number of hydrogen-bond donors (Lipinski definition) is 1. The number of amides is 1. The molecule has 6 nitrogen and oxygen atoms in total. The van der Waals surface area contributed by atoms with Gasteiger partial charge in [-0.1, -0.05) is 6.07 Å². The third kappa shape index (κ3) is 2.32. The van der Waals surface area contributed by atoms with Crippen molar-refractivity contribution in [1.82, 2.24) is 19.7 Å². The van der Waals surface area contributed by atoms with Gasteiger partial charge in [0.05, 0.1) is 24.1 Å². The molecule has 0 unspecified atom stereocenters. The van der Waals surface area contributed by atoms with E-state index in [9.17, 15) is 4.79 Å². The van der Waals surface area contributed by atoms with Gasteiger partial charge in [-0.15, -0.1) is 0 Å². The van der Waals surface area contributed by atoms with Gasteiger partial charge in [-0.2, -0.15) is 5.10 Å². The third-order valence-corrected chi connectivity index (χ3v) is 2.64. The molecule has 2 aromatic heterocycles. The van der Waals surface area contributed by atoms with Gasteiger partial charge in [0.1, 0.15) is 5.69 Å². The SMILES string of the molecule is CN(Cc1ccccn1)C(=O)c1c(N)cnn1C. The van der Waals surface area contributed by atoms with Crippen LogP contribution >= 0.6 is 0 Å². The number of nitrogen functional groups attached to an aromatic ring is 1. The summed E-state index contributed by atoms with van der Waals surface area (Å²) in [6.45, 7) is 0.435. The van der Waals surface area contributed by atoms with Gasteiger partial charge in [0, 0.05) is 20.3 Å². The third-order valence-electron chi connectivity index (χ3n) is 2.64. The van der Waals surface area contributed by atoms with Crippen molar-refractivity contribution >= 4 is 11.6 Å². The highest BCUT2D eigenvalue weighted by atomic mass is 16.2. The zero-order valence-electron chi connectivity index (χ0n) is 10.4. The Kier molecular flexibility index (Phi) is 3.27. The molecule has 0 radical (unpaired) electrons. The Bertz CT molecular complexity index is 529. The number of nitrogens with two attached hydrogens (primary N) is 1. The number of carbonyl (C=O) groups excluding carboxylic acids is 1. The lowest BCUT2D eigenvalue weighted by Crippen LogP contribution is -2.29. The number of anilines is 1. The zero-order valence-corrected chi connectivity index (χ0v) is 10.4. The van der Waals surface area contributed by atoms with Crippen molar-refractivity contribution in [3.63, 3.8) is 0 Å². The fourth-order valence-corrected chi connectivity index (χ4v) is 1.70. The van der Waals surface area contributed by atoms with E-state index in [0.29, 0.717) is 17.9 Å². The first-order valence-electron chi connectivity index (χ1n) is 5.52. The predicted molar refractivity (Wildman–Crippen MR) is 67.7 cm³/mol. The Balaban J connectivity index is 2.15. The topological polar surface area (TPSA) is 77.0 Å². The fourth-order valence-electron chi connectivity index (χ4n) is 1.70. The van der Waals surface area contributed by atoms with E-state index >= 15 is 0 Å². The molecule has 2 heterocycles. The minimum atomic E-state index is -0.168. The maximum Gasteiger partial charge on any atom is 0.274 e. The van der Waals surface area contributed by atoms with Crippen LogP contribution < -0.4 is 5.73 Å². The van der Waals surface area contributed by atoms with Gasteiger partial charge in [-0.3, -0.25) is 14.5 Å². The largest absolute Gasteiger partial charge is 0.396 e. The molecule has 0 aliphatic heterocycles. The molecule has 2 aromatic rings. The highest BCUT2D eigenvalue weighted by Crippen LogP contribution is 2.13. The Morgan fingerprint density at radius 1 is 1.50 bits per heavy atom. The van der Waals surface area contributed by atoms with Crippen LogP contribution in [0.25, 0.3) is 0 Å². The van der Waals surface area contributed by atoms with Gasteiger partial charge in [-0.05, 0) is 12.1 Å². The first kappa shape index (κ1) is 12.1.